The van der Waals surface area contributed by atoms with Crippen molar-refractivity contribution in [1.29, 1.82) is 0 Å². The number of halogens is 1. The standard InChI is InChI=1S/C28H28FNO5/c29-23-10-5-20-16-22(4-3-21(20)17-23)27(32)30-15-1-2-26(31)18-6-11-24(12-7-18)35-25-13-8-19(9-14-25)28(33)34/h3-7,10-12,16-17,19,25H,1-2,8-9,13-15H2,(H,30,32)(H,33,34). The Morgan fingerprint density at radius 1 is 0.886 bits per heavy atom. The molecule has 182 valence electrons. The van der Waals surface area contributed by atoms with Gasteiger partial charge in [0.05, 0.1) is 12.0 Å². The highest BCUT2D eigenvalue weighted by Gasteiger charge is 2.26. The average Bonchev–Trinajstić information content (AvgIpc) is 2.86. The first-order chi connectivity index (χ1) is 16.9. The van der Waals surface area contributed by atoms with Crippen molar-refractivity contribution in [2.45, 2.75) is 44.6 Å². The van der Waals surface area contributed by atoms with Gasteiger partial charge in [-0.1, -0.05) is 12.1 Å². The SMILES string of the molecule is O=C(CCCNC(=O)c1ccc2cc(F)ccc2c1)c1ccc(OC2CCC(C(=O)O)CC2)cc1. The number of fused-ring (bicyclic) bond motifs is 1. The summed E-state index contributed by atoms with van der Waals surface area (Å²) < 4.78 is 19.3. The number of carbonyl (C=O) groups is 3. The van der Waals surface area contributed by atoms with Crippen molar-refractivity contribution < 1.29 is 28.6 Å². The molecule has 0 aliphatic heterocycles. The minimum atomic E-state index is -0.739. The normalized spacial score (nSPS) is 17.6. The molecule has 0 radical (unpaired) electrons. The topological polar surface area (TPSA) is 92.7 Å². The molecule has 0 heterocycles. The summed E-state index contributed by atoms with van der Waals surface area (Å²) in [7, 11) is 0. The van der Waals surface area contributed by atoms with Crippen LogP contribution in [-0.4, -0.2) is 35.4 Å². The Bertz CT molecular complexity index is 1220. The lowest BCUT2D eigenvalue weighted by molar-refractivity contribution is -0.143. The monoisotopic (exact) mass is 477 g/mol. The number of aliphatic carboxylic acids is 1. The maximum atomic E-state index is 13.3. The van der Waals surface area contributed by atoms with Crippen molar-refractivity contribution in [3.63, 3.8) is 0 Å². The predicted molar refractivity (Wildman–Crippen MR) is 130 cm³/mol. The molecule has 0 atom stereocenters. The molecule has 6 nitrogen and oxygen atoms in total. The van der Waals surface area contributed by atoms with Crippen LogP contribution in [0.2, 0.25) is 0 Å². The van der Waals surface area contributed by atoms with Crippen molar-refractivity contribution in [2.24, 2.45) is 5.92 Å². The van der Waals surface area contributed by atoms with E-state index in [2.05, 4.69) is 5.32 Å². The second-order valence-electron chi connectivity index (χ2n) is 8.94. The molecule has 0 aromatic heterocycles. The highest BCUT2D eigenvalue weighted by molar-refractivity contribution is 5.99. The van der Waals surface area contributed by atoms with Gasteiger partial charge in [0.1, 0.15) is 11.6 Å². The van der Waals surface area contributed by atoms with Crippen molar-refractivity contribution in [2.75, 3.05) is 6.54 Å². The van der Waals surface area contributed by atoms with Gasteiger partial charge in [-0.2, -0.15) is 0 Å². The largest absolute Gasteiger partial charge is 0.490 e. The number of carboxylic acid groups (broad SMARTS) is 1. The van der Waals surface area contributed by atoms with E-state index in [0.717, 1.165) is 10.8 Å². The number of benzene rings is 3. The highest BCUT2D eigenvalue weighted by atomic mass is 19.1. The van der Waals surface area contributed by atoms with Crippen LogP contribution < -0.4 is 10.1 Å². The van der Waals surface area contributed by atoms with E-state index in [1.807, 2.05) is 0 Å². The van der Waals surface area contributed by atoms with E-state index < -0.39 is 5.97 Å². The van der Waals surface area contributed by atoms with Gasteiger partial charge in [-0.15, -0.1) is 0 Å². The number of rotatable bonds is 9. The minimum Gasteiger partial charge on any atom is -0.490 e. The van der Waals surface area contributed by atoms with Gasteiger partial charge < -0.3 is 15.2 Å². The molecule has 1 saturated carbocycles. The number of nitrogens with one attached hydrogen (secondary N) is 1. The predicted octanol–water partition coefficient (Wildman–Crippen LogP) is 5.39. The molecular formula is C28H28FNO5. The molecule has 0 saturated heterocycles. The number of carbonyl (C=O) groups excluding carboxylic acids is 2. The molecule has 2 N–H and O–H groups in total. The Balaban J connectivity index is 1.20. The Kier molecular flexibility index (Phi) is 7.75. The molecular weight excluding hydrogens is 449 g/mol. The first-order valence-electron chi connectivity index (χ1n) is 11.9. The Morgan fingerprint density at radius 3 is 2.26 bits per heavy atom. The Labute approximate surface area is 203 Å². The van der Waals surface area contributed by atoms with Crippen molar-refractivity contribution >= 4 is 28.4 Å². The summed E-state index contributed by atoms with van der Waals surface area (Å²) in [4.78, 5) is 36.0. The van der Waals surface area contributed by atoms with Crippen molar-refractivity contribution in [3.8, 4) is 5.75 Å². The van der Waals surface area contributed by atoms with Crippen LogP contribution in [0.5, 0.6) is 5.75 Å². The average molecular weight is 478 g/mol. The van der Waals surface area contributed by atoms with Crippen molar-refractivity contribution in [3.05, 3.63) is 77.6 Å². The highest BCUT2D eigenvalue weighted by Crippen LogP contribution is 2.28. The lowest BCUT2D eigenvalue weighted by Crippen LogP contribution is -2.27. The first-order valence-corrected chi connectivity index (χ1v) is 11.9. The summed E-state index contributed by atoms with van der Waals surface area (Å²) in [6.07, 6.45) is 3.47. The van der Waals surface area contributed by atoms with Crippen LogP contribution in [0, 0.1) is 11.7 Å². The molecule has 1 fully saturated rings. The van der Waals surface area contributed by atoms with Gasteiger partial charge in [0, 0.05) is 24.1 Å². The lowest BCUT2D eigenvalue weighted by Gasteiger charge is -2.26. The summed E-state index contributed by atoms with van der Waals surface area (Å²) >= 11 is 0. The zero-order valence-corrected chi connectivity index (χ0v) is 19.3. The molecule has 1 aliphatic rings. The van der Waals surface area contributed by atoms with E-state index in [-0.39, 0.29) is 29.5 Å². The van der Waals surface area contributed by atoms with Crippen LogP contribution in [0.3, 0.4) is 0 Å². The number of hydrogen-bond donors (Lipinski definition) is 2. The van der Waals surface area contributed by atoms with Gasteiger partial charge in [0.15, 0.2) is 5.78 Å². The van der Waals surface area contributed by atoms with Gasteiger partial charge in [-0.25, -0.2) is 4.39 Å². The van der Waals surface area contributed by atoms with Gasteiger partial charge in [0.25, 0.3) is 5.91 Å². The zero-order chi connectivity index (χ0) is 24.8. The maximum absolute atomic E-state index is 13.3. The second-order valence-corrected chi connectivity index (χ2v) is 8.94. The van der Waals surface area contributed by atoms with E-state index in [1.165, 1.54) is 12.1 Å². The Hall–Kier alpha value is -3.74. The summed E-state index contributed by atoms with van der Waals surface area (Å²) in [5.41, 5.74) is 1.07. The maximum Gasteiger partial charge on any atom is 0.306 e. The summed E-state index contributed by atoms with van der Waals surface area (Å²) in [6, 6.07) is 16.5. The minimum absolute atomic E-state index is 0.000433. The number of ether oxygens (including phenoxy) is 1. The molecule has 7 heteroatoms. The number of carboxylic acids is 1. The van der Waals surface area contributed by atoms with Gasteiger partial charge in [-0.05, 0) is 91.4 Å². The van der Waals surface area contributed by atoms with Crippen molar-refractivity contribution in [1.82, 2.24) is 5.32 Å². The smallest absolute Gasteiger partial charge is 0.306 e. The Morgan fingerprint density at radius 2 is 1.54 bits per heavy atom. The lowest BCUT2D eigenvalue weighted by atomic mass is 9.87. The molecule has 1 aliphatic carbocycles. The van der Waals surface area contributed by atoms with E-state index in [1.54, 1.807) is 48.5 Å². The zero-order valence-electron chi connectivity index (χ0n) is 19.3. The third-order valence-electron chi connectivity index (χ3n) is 6.43. The van der Waals surface area contributed by atoms with Crippen LogP contribution in [0.25, 0.3) is 10.8 Å². The molecule has 1 amide bonds. The fourth-order valence-electron chi connectivity index (χ4n) is 4.39. The van der Waals surface area contributed by atoms with E-state index in [0.29, 0.717) is 61.9 Å². The molecule has 0 unspecified atom stereocenters. The third-order valence-corrected chi connectivity index (χ3v) is 6.43. The molecule has 0 bridgehead atoms. The fraction of sp³-hybridized carbons (Fsp3) is 0.321. The van der Waals surface area contributed by atoms with E-state index >= 15 is 0 Å². The third kappa shape index (κ3) is 6.44. The van der Waals surface area contributed by atoms with Gasteiger partial charge >= 0.3 is 5.97 Å². The quantitative estimate of drug-likeness (QED) is 0.318. The van der Waals surface area contributed by atoms with Crippen LogP contribution in [-0.2, 0) is 4.79 Å². The van der Waals surface area contributed by atoms with Crippen LogP contribution in [0.4, 0.5) is 4.39 Å². The number of amides is 1. The fourth-order valence-corrected chi connectivity index (χ4v) is 4.39. The molecule has 3 aromatic carbocycles. The van der Waals surface area contributed by atoms with Gasteiger partial charge in [0.2, 0.25) is 0 Å². The molecule has 35 heavy (non-hydrogen) atoms. The van der Waals surface area contributed by atoms with Gasteiger partial charge in [-0.3, -0.25) is 14.4 Å². The number of Topliss-reactive ketones (excluding diaryl/α,β-unsaturated/α-hetero) is 1. The van der Waals surface area contributed by atoms with Crippen LogP contribution >= 0.6 is 0 Å². The van der Waals surface area contributed by atoms with Crippen LogP contribution in [0.15, 0.2) is 60.7 Å². The van der Waals surface area contributed by atoms with Crippen LogP contribution in [0.1, 0.15) is 59.2 Å². The molecule has 4 rings (SSSR count). The van der Waals surface area contributed by atoms with E-state index in [4.69, 9.17) is 9.84 Å². The molecule has 3 aromatic rings. The summed E-state index contributed by atoms with van der Waals surface area (Å²) in [5, 5.41) is 13.4. The summed E-state index contributed by atoms with van der Waals surface area (Å²) in [6.45, 7) is 0.367. The number of hydrogen-bond acceptors (Lipinski definition) is 4. The molecule has 0 spiro atoms. The van der Waals surface area contributed by atoms with E-state index in [9.17, 15) is 18.8 Å². The number of ketones is 1. The first kappa shape index (κ1) is 24.4. The second kappa shape index (κ2) is 11.1. The summed E-state index contributed by atoms with van der Waals surface area (Å²) in [5.74, 6) is -0.911.